The maximum Gasteiger partial charge on any atom is 0.247 e. The molecule has 0 aliphatic heterocycles. The van der Waals surface area contributed by atoms with Gasteiger partial charge in [0.15, 0.2) is 28.6 Å². The van der Waals surface area contributed by atoms with Gasteiger partial charge in [0.2, 0.25) is 5.71 Å². The van der Waals surface area contributed by atoms with Gasteiger partial charge in [0.25, 0.3) is 0 Å². The van der Waals surface area contributed by atoms with Crippen LogP contribution in [0.3, 0.4) is 0 Å². The monoisotopic (exact) mass is 1700 g/mol. The van der Waals surface area contributed by atoms with Crippen LogP contribution >= 0.6 is 22.7 Å². The number of aryl methyl sites for hydroxylation is 23. The van der Waals surface area contributed by atoms with E-state index in [4.69, 9.17) is 23.2 Å². The smallest absolute Gasteiger partial charge is 0.247 e. The maximum absolute atomic E-state index is 5.83. The van der Waals surface area contributed by atoms with Crippen molar-refractivity contribution in [2.75, 3.05) is 0 Å². The second-order valence-electron chi connectivity index (χ2n) is 36.5. The summed E-state index contributed by atoms with van der Waals surface area (Å²) in [6.07, 6.45) is 0. The lowest BCUT2D eigenvalue weighted by Crippen LogP contribution is -2.01. The molecule has 20 heteroatoms. The highest BCUT2D eigenvalue weighted by Crippen LogP contribution is 2.38. The van der Waals surface area contributed by atoms with Gasteiger partial charge in [-0.1, -0.05) is 122 Å². The van der Waals surface area contributed by atoms with Crippen molar-refractivity contribution in [3.63, 3.8) is 0 Å². The molecule has 0 N–H and O–H groups in total. The molecule has 0 bridgehead atoms. The van der Waals surface area contributed by atoms with Gasteiger partial charge in [-0.25, -0.2) is 39.9 Å². The Balaban J connectivity index is 0.000000159. The van der Waals surface area contributed by atoms with Crippen molar-refractivity contribution in [1.29, 1.82) is 0 Å². The molecule has 16 heterocycles. The largest absolute Gasteiger partial charge is 0.459 e. The predicted molar refractivity (Wildman–Crippen MR) is 521 cm³/mol. The van der Waals surface area contributed by atoms with E-state index in [1.165, 1.54) is 120 Å². The van der Waals surface area contributed by atoms with E-state index < -0.39 is 0 Å². The lowest BCUT2D eigenvalue weighted by atomic mass is 10.1. The summed E-state index contributed by atoms with van der Waals surface area (Å²) in [5.41, 5.74) is 40.7. The predicted octanol–water partition coefficient (Wildman–Crippen LogP) is 28.8. The van der Waals surface area contributed by atoms with E-state index in [1.54, 1.807) is 11.3 Å². The molecule has 123 heavy (non-hydrogen) atoms. The number of hydrogen-bond acceptors (Lipinski definition) is 17. The third kappa shape index (κ3) is 20.4. The summed E-state index contributed by atoms with van der Waals surface area (Å²) in [5, 5.41) is 6.45. The molecule has 16 rings (SSSR count). The van der Waals surface area contributed by atoms with Crippen molar-refractivity contribution < 1.29 is 13.3 Å². The summed E-state index contributed by atoms with van der Waals surface area (Å²) in [4.78, 5) is 57.4. The fourth-order valence-corrected chi connectivity index (χ4v) is 17.5. The van der Waals surface area contributed by atoms with Crippen LogP contribution < -0.4 is 0 Å². The number of pyridine rings is 8. The van der Waals surface area contributed by atoms with Gasteiger partial charge in [-0.05, 0) is 280 Å². The van der Waals surface area contributed by atoms with Gasteiger partial charge in [0.1, 0.15) is 44.1 Å². The van der Waals surface area contributed by atoms with Gasteiger partial charge in [0.05, 0.1) is 38.0 Å². The third-order valence-electron chi connectivity index (χ3n) is 24.7. The molecule has 0 spiro atoms. The summed E-state index contributed by atoms with van der Waals surface area (Å²) in [6, 6.07) is 9.09. The average Bonchev–Trinajstić information content (AvgIpc) is 1.59. The first-order valence-corrected chi connectivity index (χ1v) is 45.6. The van der Waals surface area contributed by atoms with Gasteiger partial charge >= 0.3 is 0 Å². The SMILES string of the molecule is Cc1nc(C)c2c(cc(C(C)C)n2C)c1C.Cc1nc(C)c2oc(C(C)C)cc2c1C.Cc1nc(C)c2oc(C(C)C)nc2c1C.Cc1nc(C)c2sc(C(C)C)cc2c1C.Cc1nc2c(cc(C(C)C)n2C)c(C)c1C.Cc1nc2c(nc(C(C)C)n2C)c(C)c1C.Cc1nc2oc(C(C)C)nc2c(C)c1C.Cc1nc2sc(C(C)C)nc2c(C)c1C. The van der Waals surface area contributed by atoms with Crippen molar-refractivity contribution in [2.45, 2.75) is 324 Å². The Morgan fingerprint density at radius 1 is 0.268 bits per heavy atom. The van der Waals surface area contributed by atoms with Gasteiger partial charge in [-0.15, -0.1) is 11.3 Å². The Bertz CT molecular complexity index is 6140. The standard InChI is InChI=1S/2C14H20N2.C13H19N3.C13H17NO.C13H17NS.2C12H16N2O.C12H16N2S/c1-8(2)13-7-12-9(3)10(4)15-11(5)14(12)16(13)6;1-8(2)13-7-12-10(4)9(3)11(5)15-14(12)16(13)6;1-7(2)12-15-11-9(4)8(3)10(5)14-13(11)16(12)6;2*1-7(2)12-6-11-8(3)9(4)14-10(5)13(11)15-12;1-6(2)12-14-10-7(3)8(4)13-9(5)11(10)15-12;2*1-6(2)11-14-10-8(4)7(3)9(5)13-12(10)15-11/h2*7-8H,1-6H3;7H,1-6H3;2*6-7H,1-5H3;3*6H,1-5H3. The Hall–Kier alpha value is -9.92. The van der Waals surface area contributed by atoms with Crippen LogP contribution in [-0.2, 0) is 21.1 Å². The van der Waals surface area contributed by atoms with E-state index in [9.17, 15) is 0 Å². The van der Waals surface area contributed by atoms with E-state index in [2.05, 4.69) is 337 Å². The Kier molecular flexibility index (Phi) is 30.8. The Morgan fingerprint density at radius 3 is 1.25 bits per heavy atom. The van der Waals surface area contributed by atoms with Crippen LogP contribution in [0.15, 0.2) is 37.5 Å². The normalized spacial score (nSPS) is 11.6. The fourth-order valence-electron chi connectivity index (χ4n) is 15.3. The number of thiophene rings is 1. The molecule has 0 aliphatic rings. The third-order valence-corrected chi connectivity index (χ3v) is 27.5. The van der Waals surface area contributed by atoms with Gasteiger partial charge in [-0.3, -0.25) is 19.9 Å². The van der Waals surface area contributed by atoms with Gasteiger partial charge in [0, 0.05) is 129 Å². The number of rotatable bonds is 8. The molecular weight excluding hydrogens is 1560 g/mol. The van der Waals surface area contributed by atoms with Crippen molar-refractivity contribution in [3.8, 4) is 0 Å². The van der Waals surface area contributed by atoms with Crippen molar-refractivity contribution in [1.82, 2.24) is 73.5 Å². The Labute approximate surface area is 740 Å². The number of thiazole rings is 1. The topological polar surface area (TPSA) is 209 Å². The molecule has 16 aromatic heterocycles. The molecule has 0 amide bonds. The van der Waals surface area contributed by atoms with Crippen LogP contribution in [0.25, 0.3) is 86.8 Å². The summed E-state index contributed by atoms with van der Waals surface area (Å²) >= 11 is 3.61. The van der Waals surface area contributed by atoms with Crippen LogP contribution in [-0.4, -0.2) is 73.5 Å². The summed E-state index contributed by atoms with van der Waals surface area (Å²) in [7, 11) is 6.30. The van der Waals surface area contributed by atoms with E-state index in [-0.39, 0.29) is 0 Å². The van der Waals surface area contributed by atoms with Crippen LogP contribution in [0.2, 0.25) is 0 Å². The number of hydrogen-bond donors (Lipinski definition) is 0. The molecule has 658 valence electrons. The van der Waals surface area contributed by atoms with Crippen LogP contribution in [0.1, 0.15) is 338 Å². The Morgan fingerprint density at radius 2 is 0.715 bits per heavy atom. The molecule has 0 saturated carbocycles. The molecule has 0 aromatic carbocycles. The van der Waals surface area contributed by atoms with Crippen LogP contribution in [0.4, 0.5) is 0 Å². The van der Waals surface area contributed by atoms with E-state index >= 15 is 0 Å². The zero-order valence-corrected chi connectivity index (χ0v) is 84.3. The van der Waals surface area contributed by atoms with E-state index in [0.717, 1.165) is 141 Å². The molecule has 0 radical (unpaired) electrons. The zero-order valence-electron chi connectivity index (χ0n) is 82.7. The number of nitrogens with zero attached hydrogens (tertiary/aromatic N) is 15. The van der Waals surface area contributed by atoms with Crippen LogP contribution in [0, 0.1) is 166 Å². The first-order valence-electron chi connectivity index (χ1n) is 43.9. The van der Waals surface area contributed by atoms with Gasteiger partial charge < -0.3 is 27.0 Å². The van der Waals surface area contributed by atoms with Gasteiger partial charge in [-0.2, -0.15) is 0 Å². The summed E-state index contributed by atoms with van der Waals surface area (Å²) in [6.45, 7) is 84.7. The van der Waals surface area contributed by atoms with E-state index in [1.807, 2.05) is 59.9 Å². The zero-order chi connectivity index (χ0) is 91.9. The lowest BCUT2D eigenvalue weighted by Gasteiger charge is -2.09. The highest BCUT2D eigenvalue weighted by atomic mass is 32.1. The first kappa shape index (κ1) is 96.9. The summed E-state index contributed by atoms with van der Waals surface area (Å²) < 4.78 is 25.2. The number of oxazole rings is 2. The number of furan rings is 1. The van der Waals surface area contributed by atoms with Crippen molar-refractivity contribution in [2.24, 2.45) is 21.1 Å². The minimum absolute atomic E-state index is 0.305. The number of imidazole rings is 1. The summed E-state index contributed by atoms with van der Waals surface area (Å²) in [5.74, 6) is 7.39. The molecule has 18 nitrogen and oxygen atoms in total. The molecule has 0 atom stereocenters. The maximum atomic E-state index is 5.83. The van der Waals surface area contributed by atoms with Crippen molar-refractivity contribution in [3.05, 3.63) is 204 Å². The highest BCUT2D eigenvalue weighted by molar-refractivity contribution is 7.19. The minimum Gasteiger partial charge on any atom is -0.459 e. The molecular formula is C103H141N15O3S2. The first-order chi connectivity index (χ1) is 57.3. The lowest BCUT2D eigenvalue weighted by molar-refractivity contribution is 0.494. The van der Waals surface area contributed by atoms with Crippen LogP contribution in [0.5, 0.6) is 0 Å². The molecule has 16 aromatic rings. The molecule has 0 fully saturated rings. The number of fused-ring (bicyclic) bond motifs is 8. The second kappa shape index (κ2) is 39.1. The molecule has 0 aliphatic carbocycles. The second-order valence-corrected chi connectivity index (χ2v) is 38.6. The minimum atomic E-state index is 0.305. The number of aromatic nitrogens is 15. The molecule has 0 unspecified atom stereocenters. The van der Waals surface area contributed by atoms with Crippen molar-refractivity contribution >= 4 is 110 Å². The highest BCUT2D eigenvalue weighted by Gasteiger charge is 2.23. The fraction of sp³-hybridized carbons (Fsp3) is 0.495. The quantitative estimate of drug-likeness (QED) is 0.139. The molecule has 0 saturated heterocycles. The van der Waals surface area contributed by atoms with E-state index in [0.29, 0.717) is 53.1 Å². The average molecular weight is 1700 g/mol.